The van der Waals surface area contributed by atoms with Crippen molar-refractivity contribution >= 4 is 16.7 Å². The second kappa shape index (κ2) is 5.95. The van der Waals surface area contributed by atoms with Crippen molar-refractivity contribution in [3.05, 3.63) is 71.8 Å². The third kappa shape index (κ3) is 2.75. The maximum Gasteiger partial charge on any atom is 0.307 e. The van der Waals surface area contributed by atoms with Crippen LogP contribution >= 0.6 is 0 Å². The summed E-state index contributed by atoms with van der Waals surface area (Å²) in [5.41, 5.74) is 4.31. The second-order valence-electron chi connectivity index (χ2n) is 8.99. The van der Waals surface area contributed by atoms with Crippen LogP contribution in [0.1, 0.15) is 45.2 Å². The van der Waals surface area contributed by atoms with E-state index in [-0.39, 0.29) is 16.7 Å². The summed E-state index contributed by atoms with van der Waals surface area (Å²) in [5, 5.41) is 12.3. The zero-order valence-corrected chi connectivity index (χ0v) is 16.4. The molecule has 3 aromatic carbocycles. The third-order valence-corrected chi connectivity index (χ3v) is 6.43. The van der Waals surface area contributed by atoms with E-state index in [2.05, 4.69) is 88.4 Å². The van der Waals surface area contributed by atoms with E-state index in [1.165, 1.54) is 27.5 Å². The number of benzene rings is 3. The van der Waals surface area contributed by atoms with Gasteiger partial charge in [-0.05, 0) is 44.9 Å². The molecule has 1 unspecified atom stereocenters. The fourth-order valence-corrected chi connectivity index (χ4v) is 4.77. The number of fused-ring (bicyclic) bond motifs is 2. The van der Waals surface area contributed by atoms with Gasteiger partial charge in [0.2, 0.25) is 0 Å². The summed E-state index contributed by atoms with van der Waals surface area (Å²) in [4.78, 5) is 11.9. The topological polar surface area (TPSA) is 37.3 Å². The predicted octanol–water partition coefficient (Wildman–Crippen LogP) is 6.17. The Morgan fingerprint density at radius 2 is 1.63 bits per heavy atom. The molecular formula is C25H26O2. The number of hydrogen-bond acceptors (Lipinski definition) is 1. The highest BCUT2D eigenvalue weighted by atomic mass is 16.4. The number of aliphatic carboxylic acids is 1. The lowest BCUT2D eigenvalue weighted by Gasteiger charge is -2.46. The van der Waals surface area contributed by atoms with Gasteiger partial charge in [0.15, 0.2) is 0 Å². The SMILES string of the molecule is CC1(C)CC(C(=O)O)C(C)(C)c2ccc(-c3cccc4ccccc34)cc21. The minimum absolute atomic E-state index is 0.172. The van der Waals surface area contributed by atoms with Gasteiger partial charge in [0, 0.05) is 5.41 Å². The third-order valence-electron chi connectivity index (χ3n) is 6.43. The molecule has 1 N–H and O–H groups in total. The van der Waals surface area contributed by atoms with Crippen molar-refractivity contribution in [1.29, 1.82) is 0 Å². The maximum atomic E-state index is 11.9. The molecule has 3 aromatic rings. The number of hydrogen-bond donors (Lipinski definition) is 1. The van der Waals surface area contributed by atoms with Crippen molar-refractivity contribution in [3.63, 3.8) is 0 Å². The van der Waals surface area contributed by atoms with Crippen molar-refractivity contribution < 1.29 is 9.90 Å². The summed E-state index contributed by atoms with van der Waals surface area (Å²) < 4.78 is 0. The maximum absolute atomic E-state index is 11.9. The average Bonchev–Trinajstić information content (AvgIpc) is 2.64. The Balaban J connectivity index is 1.93. The van der Waals surface area contributed by atoms with Gasteiger partial charge in [-0.2, -0.15) is 0 Å². The summed E-state index contributed by atoms with van der Waals surface area (Å²) in [5.74, 6) is -1.07. The zero-order chi connectivity index (χ0) is 19.4. The number of carboxylic acids is 1. The van der Waals surface area contributed by atoms with Gasteiger partial charge in [-0.15, -0.1) is 0 Å². The van der Waals surface area contributed by atoms with Gasteiger partial charge < -0.3 is 5.11 Å². The van der Waals surface area contributed by atoms with Gasteiger partial charge >= 0.3 is 5.97 Å². The molecule has 0 saturated heterocycles. The Kier molecular flexibility index (Phi) is 3.92. The highest BCUT2D eigenvalue weighted by Crippen LogP contribution is 2.50. The van der Waals surface area contributed by atoms with E-state index < -0.39 is 5.97 Å². The molecular weight excluding hydrogens is 332 g/mol. The van der Waals surface area contributed by atoms with Gasteiger partial charge in [0.1, 0.15) is 0 Å². The normalized spacial score (nSPS) is 20.2. The minimum Gasteiger partial charge on any atom is -0.481 e. The first kappa shape index (κ1) is 17.8. The Morgan fingerprint density at radius 3 is 2.37 bits per heavy atom. The largest absolute Gasteiger partial charge is 0.481 e. The lowest BCUT2D eigenvalue weighted by molar-refractivity contribution is -0.145. The molecule has 0 amide bonds. The highest BCUT2D eigenvalue weighted by Gasteiger charge is 2.47. The van der Waals surface area contributed by atoms with Crippen LogP contribution < -0.4 is 0 Å². The van der Waals surface area contributed by atoms with Crippen molar-refractivity contribution in [2.45, 2.75) is 44.9 Å². The van der Waals surface area contributed by atoms with Crippen LogP contribution in [0, 0.1) is 5.92 Å². The summed E-state index contributed by atoms with van der Waals surface area (Å²) in [6, 6.07) is 21.5. The molecule has 1 aliphatic carbocycles. The van der Waals surface area contributed by atoms with Crippen LogP contribution in [0.4, 0.5) is 0 Å². The lowest BCUT2D eigenvalue weighted by Crippen LogP contribution is -2.45. The molecule has 0 aliphatic heterocycles. The number of carboxylic acid groups (broad SMARTS) is 1. The molecule has 0 fully saturated rings. The van der Waals surface area contributed by atoms with Crippen molar-refractivity contribution in [1.82, 2.24) is 0 Å². The quantitative estimate of drug-likeness (QED) is 0.595. The van der Waals surface area contributed by atoms with Crippen LogP contribution in [-0.4, -0.2) is 11.1 Å². The molecule has 0 heterocycles. The molecule has 1 atom stereocenters. The van der Waals surface area contributed by atoms with E-state index in [1.807, 2.05) is 0 Å². The van der Waals surface area contributed by atoms with Gasteiger partial charge in [0.05, 0.1) is 5.92 Å². The lowest BCUT2D eigenvalue weighted by atomic mass is 9.57. The van der Waals surface area contributed by atoms with Crippen LogP contribution in [0.15, 0.2) is 60.7 Å². The van der Waals surface area contributed by atoms with Gasteiger partial charge in [-0.25, -0.2) is 0 Å². The molecule has 2 heteroatoms. The van der Waals surface area contributed by atoms with Gasteiger partial charge in [0.25, 0.3) is 0 Å². The van der Waals surface area contributed by atoms with E-state index in [0.29, 0.717) is 6.42 Å². The van der Waals surface area contributed by atoms with Crippen LogP contribution in [0.5, 0.6) is 0 Å². The second-order valence-corrected chi connectivity index (χ2v) is 8.99. The van der Waals surface area contributed by atoms with Crippen molar-refractivity contribution in [2.75, 3.05) is 0 Å². The fraction of sp³-hybridized carbons (Fsp3) is 0.320. The molecule has 2 nitrogen and oxygen atoms in total. The summed E-state index contributed by atoms with van der Waals surface area (Å²) in [7, 11) is 0. The standard InChI is InChI=1S/C25H26O2/c1-24(2)15-22(23(26)27)25(3,4)20-13-12-17(14-21(20)24)19-11-7-9-16-8-5-6-10-18(16)19/h5-14,22H,15H2,1-4H3,(H,26,27). The van der Waals surface area contributed by atoms with Crippen molar-refractivity contribution in [2.24, 2.45) is 5.92 Å². The molecule has 0 aromatic heterocycles. The number of carbonyl (C=O) groups is 1. The first-order chi connectivity index (χ1) is 12.7. The van der Waals surface area contributed by atoms with E-state index in [1.54, 1.807) is 0 Å². The molecule has 0 bridgehead atoms. The van der Waals surface area contributed by atoms with E-state index in [0.717, 1.165) is 5.56 Å². The van der Waals surface area contributed by atoms with E-state index >= 15 is 0 Å². The first-order valence-corrected chi connectivity index (χ1v) is 9.58. The summed E-state index contributed by atoms with van der Waals surface area (Å²) in [6.07, 6.45) is 0.654. The number of rotatable bonds is 2. The Bertz CT molecular complexity index is 1040. The van der Waals surface area contributed by atoms with E-state index in [4.69, 9.17) is 0 Å². The first-order valence-electron chi connectivity index (χ1n) is 9.58. The van der Waals surface area contributed by atoms with Crippen LogP contribution in [0.25, 0.3) is 21.9 Å². The van der Waals surface area contributed by atoms with Crippen molar-refractivity contribution in [3.8, 4) is 11.1 Å². The monoisotopic (exact) mass is 358 g/mol. The molecule has 1 aliphatic rings. The van der Waals surface area contributed by atoms with Gasteiger partial charge in [-0.1, -0.05) is 88.4 Å². The molecule has 0 saturated carbocycles. The molecule has 0 radical (unpaired) electrons. The van der Waals surface area contributed by atoms with Crippen LogP contribution in [0.2, 0.25) is 0 Å². The zero-order valence-electron chi connectivity index (χ0n) is 16.4. The van der Waals surface area contributed by atoms with Gasteiger partial charge in [-0.3, -0.25) is 4.79 Å². The molecule has 0 spiro atoms. The molecule has 4 rings (SSSR count). The van der Waals surface area contributed by atoms with Crippen LogP contribution in [-0.2, 0) is 15.6 Å². The molecule has 27 heavy (non-hydrogen) atoms. The van der Waals surface area contributed by atoms with Crippen LogP contribution in [0.3, 0.4) is 0 Å². The Hall–Kier alpha value is -2.61. The average molecular weight is 358 g/mol. The summed E-state index contributed by atoms with van der Waals surface area (Å²) in [6.45, 7) is 8.47. The Labute approximate surface area is 160 Å². The smallest absolute Gasteiger partial charge is 0.307 e. The summed E-state index contributed by atoms with van der Waals surface area (Å²) >= 11 is 0. The fourth-order valence-electron chi connectivity index (χ4n) is 4.77. The highest BCUT2D eigenvalue weighted by molar-refractivity contribution is 5.96. The Morgan fingerprint density at radius 1 is 0.926 bits per heavy atom. The van der Waals surface area contributed by atoms with E-state index in [9.17, 15) is 9.90 Å². The predicted molar refractivity (Wildman–Crippen MR) is 111 cm³/mol. The minimum atomic E-state index is -0.697. The molecule has 138 valence electrons.